The van der Waals surface area contributed by atoms with E-state index >= 15 is 0 Å². The monoisotopic (exact) mass is 650 g/mol. The summed E-state index contributed by atoms with van der Waals surface area (Å²) in [6, 6.07) is -4.18. The second-order valence-corrected chi connectivity index (χ2v) is 11.2. The van der Waals surface area contributed by atoms with Crippen LogP contribution in [0.25, 0.3) is 0 Å². The van der Waals surface area contributed by atoms with Gasteiger partial charge in [0.15, 0.2) is 18.9 Å². The van der Waals surface area contributed by atoms with Crippen LogP contribution in [-0.2, 0) is 28.4 Å². The molecule has 0 bridgehead atoms. The van der Waals surface area contributed by atoms with Gasteiger partial charge in [0.25, 0.3) is 0 Å². The van der Waals surface area contributed by atoms with Crippen LogP contribution in [0.1, 0.15) is 6.42 Å². The van der Waals surface area contributed by atoms with Crippen molar-refractivity contribution in [3.05, 3.63) is 0 Å². The fourth-order valence-electron chi connectivity index (χ4n) is 5.74. The fraction of sp³-hybridized carbons (Fsp3) is 1.00. The maximum Gasteiger partial charge on any atom is 0.187 e. The molecular formula is C23H47ClN6O13. The molecule has 0 aromatic rings. The molecule has 4 rings (SSSR count). The third kappa shape index (κ3) is 7.42. The molecule has 19 atom stereocenters. The Kier molecular flexibility index (Phi) is 13.3. The van der Waals surface area contributed by atoms with Crippen LogP contribution in [0.5, 0.6) is 0 Å². The third-order valence-corrected chi connectivity index (χ3v) is 8.37. The van der Waals surface area contributed by atoms with E-state index in [0.29, 0.717) is 0 Å². The minimum absolute atomic E-state index is 0. The highest BCUT2D eigenvalue weighted by atomic mass is 35.5. The molecule has 254 valence electrons. The second-order valence-electron chi connectivity index (χ2n) is 11.2. The summed E-state index contributed by atoms with van der Waals surface area (Å²) in [4.78, 5) is 0. The zero-order valence-corrected chi connectivity index (χ0v) is 24.1. The Hall–Kier alpha value is -0.470. The highest BCUT2D eigenvalue weighted by Gasteiger charge is 2.54. The first-order chi connectivity index (χ1) is 19.8. The van der Waals surface area contributed by atoms with E-state index in [4.69, 9.17) is 62.8 Å². The molecule has 19 nitrogen and oxygen atoms in total. The zero-order chi connectivity index (χ0) is 31.0. The minimum atomic E-state index is -1.60. The average molecular weight is 651 g/mol. The Morgan fingerprint density at radius 3 is 1.44 bits per heavy atom. The van der Waals surface area contributed by atoms with Gasteiger partial charge in [-0.25, -0.2) is 0 Å². The van der Waals surface area contributed by atoms with Crippen LogP contribution in [0.15, 0.2) is 0 Å². The van der Waals surface area contributed by atoms with Crippen molar-refractivity contribution in [2.75, 3.05) is 19.7 Å². The smallest absolute Gasteiger partial charge is 0.187 e. The summed E-state index contributed by atoms with van der Waals surface area (Å²) in [5.41, 5.74) is 35.6. The number of halogens is 1. The molecule has 43 heavy (non-hydrogen) atoms. The van der Waals surface area contributed by atoms with Gasteiger partial charge in [-0.1, -0.05) is 0 Å². The van der Waals surface area contributed by atoms with E-state index in [2.05, 4.69) is 0 Å². The molecule has 3 saturated heterocycles. The predicted octanol–water partition coefficient (Wildman–Crippen LogP) is -8.47. The van der Waals surface area contributed by atoms with E-state index in [-0.39, 0.29) is 31.9 Å². The van der Waals surface area contributed by atoms with Crippen LogP contribution in [0.4, 0.5) is 0 Å². The van der Waals surface area contributed by atoms with E-state index < -0.39 is 123 Å². The normalized spacial score (nSPS) is 52.5. The molecule has 20 heteroatoms. The SMILES string of the molecule is Cl.NC[C@H]1O[C@H](OC2[C@@H](O)[C@H](O[C@@H]3[C@@H](O)[C@H](N)C[C@H](N)[C@H]3O[C@H]3O[C@H](CN)[C@@H](O)[C@H](O)[C@H]3N)O[C@@H]2CO)[C@H](N)[C@@H](O)[C@@H]1O. The zero-order valence-electron chi connectivity index (χ0n) is 23.3. The van der Waals surface area contributed by atoms with E-state index in [9.17, 15) is 35.7 Å². The summed E-state index contributed by atoms with van der Waals surface area (Å²) in [5, 5.41) is 73.0. The molecule has 0 aromatic carbocycles. The summed E-state index contributed by atoms with van der Waals surface area (Å²) < 4.78 is 34.6. The highest BCUT2D eigenvalue weighted by Crippen LogP contribution is 2.34. The van der Waals surface area contributed by atoms with Crippen LogP contribution in [0, 0.1) is 0 Å². The fourth-order valence-corrected chi connectivity index (χ4v) is 5.74. The van der Waals surface area contributed by atoms with Crippen LogP contribution >= 0.6 is 12.4 Å². The summed E-state index contributed by atoms with van der Waals surface area (Å²) in [7, 11) is 0. The van der Waals surface area contributed by atoms with Gasteiger partial charge in [-0.05, 0) is 6.42 Å². The molecule has 0 spiro atoms. The van der Waals surface area contributed by atoms with Gasteiger partial charge < -0.3 is 98.6 Å². The van der Waals surface area contributed by atoms with Crippen molar-refractivity contribution in [1.82, 2.24) is 0 Å². The number of nitrogens with two attached hydrogens (primary N) is 6. The first-order valence-corrected chi connectivity index (χ1v) is 13.9. The molecule has 19 N–H and O–H groups in total. The molecule has 4 fully saturated rings. The lowest BCUT2D eigenvalue weighted by molar-refractivity contribution is -0.306. The van der Waals surface area contributed by atoms with Crippen molar-refractivity contribution >= 4 is 12.4 Å². The lowest BCUT2D eigenvalue weighted by Gasteiger charge is -2.47. The number of hydrogen-bond acceptors (Lipinski definition) is 19. The molecule has 3 aliphatic heterocycles. The van der Waals surface area contributed by atoms with Gasteiger partial charge >= 0.3 is 0 Å². The highest BCUT2D eigenvalue weighted by molar-refractivity contribution is 5.85. The second kappa shape index (κ2) is 15.4. The molecule has 1 saturated carbocycles. The van der Waals surface area contributed by atoms with Crippen molar-refractivity contribution in [3.63, 3.8) is 0 Å². The Morgan fingerprint density at radius 1 is 0.535 bits per heavy atom. The van der Waals surface area contributed by atoms with Gasteiger partial charge in [0.2, 0.25) is 0 Å². The van der Waals surface area contributed by atoms with E-state index in [1.54, 1.807) is 0 Å². The molecular weight excluding hydrogens is 604 g/mol. The topological polar surface area (TPSA) is 353 Å². The Balaban J connectivity index is 0.00000506. The quantitative estimate of drug-likeness (QED) is 0.110. The number of ether oxygens (including phenoxy) is 6. The average Bonchev–Trinajstić information content (AvgIpc) is 3.27. The first kappa shape index (κ1) is 37.0. The summed E-state index contributed by atoms with van der Waals surface area (Å²) in [5.74, 6) is 0. The molecule has 0 radical (unpaired) electrons. The maximum atomic E-state index is 11.1. The molecule has 0 aromatic heterocycles. The third-order valence-electron chi connectivity index (χ3n) is 8.37. The molecule has 3 heterocycles. The standard InChI is InChI=1S/C23H46N6O13.ClH/c24-2-7-13(32)15(34)10(28)21(37-7)40-18-6(27)1-5(26)12(31)20(18)42-23-17(36)19(9(4-30)39-23)41-22-11(29)16(35)14(33)8(3-25)38-22;/h5-23,30-36H,1-4,24-29H2;1H/t5-,6+,7-,8-,9-,10-,11-,12+,13-,14-,15-,16-,17-,18-,19?,20-,21-,22-,23+;/m1./s1. The number of rotatable bonds is 9. The Morgan fingerprint density at radius 2 is 0.977 bits per heavy atom. The lowest BCUT2D eigenvalue weighted by atomic mass is 9.84. The minimum Gasteiger partial charge on any atom is -0.394 e. The number of aliphatic hydroxyl groups is 7. The van der Waals surface area contributed by atoms with Crippen molar-refractivity contribution in [2.24, 2.45) is 34.4 Å². The molecule has 4 aliphatic rings. The van der Waals surface area contributed by atoms with Crippen molar-refractivity contribution in [2.45, 2.75) is 123 Å². The van der Waals surface area contributed by atoms with Gasteiger partial charge in [0.1, 0.15) is 67.1 Å². The van der Waals surface area contributed by atoms with Gasteiger partial charge in [0.05, 0.1) is 24.8 Å². The van der Waals surface area contributed by atoms with Crippen molar-refractivity contribution < 1.29 is 64.2 Å². The van der Waals surface area contributed by atoms with E-state index in [0.717, 1.165) is 0 Å². The Labute approximate surface area is 253 Å². The number of aliphatic hydroxyl groups excluding tert-OH is 7. The van der Waals surface area contributed by atoms with Crippen molar-refractivity contribution in [1.29, 1.82) is 0 Å². The van der Waals surface area contributed by atoms with Gasteiger partial charge in [-0.15, -0.1) is 12.4 Å². The maximum absolute atomic E-state index is 11.1. The first-order valence-electron chi connectivity index (χ1n) is 13.9. The summed E-state index contributed by atoms with van der Waals surface area (Å²) in [6.45, 7) is -0.967. The van der Waals surface area contributed by atoms with Gasteiger partial charge in [-0.2, -0.15) is 0 Å². The summed E-state index contributed by atoms with van der Waals surface area (Å²) >= 11 is 0. The van der Waals surface area contributed by atoms with E-state index in [1.807, 2.05) is 0 Å². The molecule has 1 unspecified atom stereocenters. The molecule has 1 aliphatic carbocycles. The van der Waals surface area contributed by atoms with Crippen LogP contribution in [-0.4, -0.2) is 172 Å². The summed E-state index contributed by atoms with van der Waals surface area (Å²) in [6.07, 6.45) is -19.8. The predicted molar refractivity (Wildman–Crippen MR) is 146 cm³/mol. The van der Waals surface area contributed by atoms with Gasteiger partial charge in [-0.3, -0.25) is 0 Å². The van der Waals surface area contributed by atoms with Gasteiger partial charge in [0, 0.05) is 25.2 Å². The van der Waals surface area contributed by atoms with Crippen LogP contribution in [0.2, 0.25) is 0 Å². The van der Waals surface area contributed by atoms with Crippen molar-refractivity contribution in [3.8, 4) is 0 Å². The van der Waals surface area contributed by atoms with Crippen LogP contribution in [0.3, 0.4) is 0 Å². The Bertz CT molecular complexity index is 875. The van der Waals surface area contributed by atoms with Crippen LogP contribution < -0.4 is 34.4 Å². The largest absolute Gasteiger partial charge is 0.394 e. The lowest BCUT2D eigenvalue weighted by Crippen LogP contribution is -2.68. The van der Waals surface area contributed by atoms with E-state index in [1.165, 1.54) is 0 Å². The molecule has 0 amide bonds. The number of hydrogen-bond donors (Lipinski definition) is 13.